The van der Waals surface area contributed by atoms with Crippen LogP contribution in [-0.2, 0) is 14.3 Å². The van der Waals surface area contributed by atoms with E-state index in [1.54, 1.807) is 30.5 Å². The normalized spacial score (nSPS) is 13.4. The second kappa shape index (κ2) is 9.96. The van der Waals surface area contributed by atoms with Crippen LogP contribution in [0.25, 0.3) is 22.3 Å². The van der Waals surface area contributed by atoms with Gasteiger partial charge in [-0.25, -0.2) is 0 Å². The largest absolute Gasteiger partial charge is 0.424 e. The Bertz CT molecular complexity index is 1400. The van der Waals surface area contributed by atoms with E-state index in [0.29, 0.717) is 49.5 Å². The summed E-state index contributed by atoms with van der Waals surface area (Å²) in [4.78, 5) is 40.8. The van der Waals surface area contributed by atoms with Gasteiger partial charge in [-0.15, -0.1) is 0 Å². The van der Waals surface area contributed by atoms with Crippen LogP contribution in [0.3, 0.4) is 0 Å². The molecule has 0 bridgehead atoms. The molecule has 2 amide bonds. The van der Waals surface area contributed by atoms with Gasteiger partial charge >= 0.3 is 17.8 Å². The van der Waals surface area contributed by atoms with E-state index in [1.807, 2.05) is 23.1 Å². The number of hydrogen-bond acceptors (Lipinski definition) is 9. The van der Waals surface area contributed by atoms with E-state index in [9.17, 15) is 9.59 Å². The molecule has 3 heterocycles. The molecule has 0 saturated carbocycles. The van der Waals surface area contributed by atoms with Crippen molar-refractivity contribution in [1.82, 2.24) is 30.0 Å². The molecule has 5 rings (SSSR count). The minimum Gasteiger partial charge on any atom is -0.424 e. The smallest absolute Gasteiger partial charge is 0.327 e. The number of likely N-dealkylation sites (N-methyl/N-ethyl adjacent to an activating group) is 1. The zero-order valence-electron chi connectivity index (χ0n) is 19.8. The van der Waals surface area contributed by atoms with Gasteiger partial charge in [0.1, 0.15) is 5.75 Å². The number of benzene rings is 2. The zero-order chi connectivity index (χ0) is 25.1. The van der Waals surface area contributed by atoms with Crippen molar-refractivity contribution >= 4 is 34.4 Å². The maximum Gasteiger partial charge on any atom is 0.327 e. The van der Waals surface area contributed by atoms with Crippen molar-refractivity contribution in [3.8, 4) is 23.1 Å². The van der Waals surface area contributed by atoms with Gasteiger partial charge in [0.15, 0.2) is 5.82 Å². The van der Waals surface area contributed by atoms with Gasteiger partial charge in [0.2, 0.25) is 5.95 Å². The lowest BCUT2D eigenvalue weighted by Gasteiger charge is -2.27. The number of amides is 2. The van der Waals surface area contributed by atoms with E-state index in [4.69, 9.17) is 14.5 Å². The fraction of sp³-hybridized carbons (Fsp3) is 0.250. The summed E-state index contributed by atoms with van der Waals surface area (Å²) in [6.45, 7) is 2.47. The Morgan fingerprint density at radius 1 is 1.06 bits per heavy atom. The van der Waals surface area contributed by atoms with Crippen molar-refractivity contribution in [2.75, 3.05) is 50.6 Å². The van der Waals surface area contributed by atoms with E-state index in [0.717, 1.165) is 16.5 Å². The summed E-state index contributed by atoms with van der Waals surface area (Å²) in [5.41, 5.74) is 2.12. The SMILES string of the molecule is CN(C)C(=O)C(=O)Nc1ccc(Oc2nc(-c3cccc4[nH]ncc34)nc(N3CCOCC3)n2)cc1. The fourth-order valence-corrected chi connectivity index (χ4v) is 3.68. The Morgan fingerprint density at radius 2 is 1.83 bits per heavy atom. The molecular weight excluding hydrogens is 464 g/mol. The van der Waals surface area contributed by atoms with Crippen LogP contribution in [0.1, 0.15) is 0 Å². The Balaban J connectivity index is 1.43. The van der Waals surface area contributed by atoms with E-state index < -0.39 is 11.8 Å². The molecule has 12 nitrogen and oxygen atoms in total. The molecular formula is C24H24N8O4. The molecule has 1 aliphatic heterocycles. The van der Waals surface area contributed by atoms with Crippen molar-refractivity contribution in [2.45, 2.75) is 0 Å². The van der Waals surface area contributed by atoms with Gasteiger partial charge in [0.25, 0.3) is 0 Å². The number of anilines is 2. The fourth-order valence-electron chi connectivity index (χ4n) is 3.68. The number of fused-ring (bicyclic) bond motifs is 1. The molecule has 4 aromatic rings. The quantitative estimate of drug-likeness (QED) is 0.404. The first-order valence-corrected chi connectivity index (χ1v) is 11.3. The number of ether oxygens (including phenoxy) is 2. The third-order valence-corrected chi connectivity index (χ3v) is 5.54. The van der Waals surface area contributed by atoms with E-state index >= 15 is 0 Å². The molecule has 1 saturated heterocycles. The predicted molar refractivity (Wildman–Crippen MR) is 132 cm³/mol. The second-order valence-corrected chi connectivity index (χ2v) is 8.26. The van der Waals surface area contributed by atoms with Crippen molar-refractivity contribution in [2.24, 2.45) is 0 Å². The third-order valence-electron chi connectivity index (χ3n) is 5.54. The second-order valence-electron chi connectivity index (χ2n) is 8.26. The van der Waals surface area contributed by atoms with Gasteiger partial charge in [-0.3, -0.25) is 14.7 Å². The monoisotopic (exact) mass is 488 g/mol. The highest BCUT2D eigenvalue weighted by molar-refractivity contribution is 6.39. The van der Waals surface area contributed by atoms with Crippen molar-refractivity contribution < 1.29 is 19.1 Å². The summed E-state index contributed by atoms with van der Waals surface area (Å²) in [7, 11) is 3.03. The molecule has 1 fully saturated rings. The minimum atomic E-state index is -0.723. The average molecular weight is 489 g/mol. The van der Waals surface area contributed by atoms with Gasteiger partial charge in [0.05, 0.1) is 24.9 Å². The number of nitrogens with zero attached hydrogens (tertiary/aromatic N) is 6. The standard InChI is InChI=1S/C24H24N8O4/c1-31(2)22(34)21(33)26-15-6-8-16(9-7-15)36-24-28-20(17-4-3-5-19-18(17)14-25-30-19)27-23(29-24)32-10-12-35-13-11-32/h3-9,14H,10-13H2,1-2H3,(H,25,30)(H,26,33). The Kier molecular flexibility index (Phi) is 6.41. The van der Waals surface area contributed by atoms with Crippen molar-refractivity contribution in [3.63, 3.8) is 0 Å². The minimum absolute atomic E-state index is 0.126. The molecule has 2 aromatic heterocycles. The number of nitrogens with one attached hydrogen (secondary N) is 2. The Labute approximate surface area is 206 Å². The number of H-pyrrole nitrogens is 1. The third kappa shape index (κ3) is 4.93. The molecule has 0 spiro atoms. The number of rotatable bonds is 5. The van der Waals surface area contributed by atoms with Crippen LogP contribution in [0.15, 0.2) is 48.7 Å². The van der Waals surface area contributed by atoms with Gasteiger partial charge in [0, 0.05) is 43.8 Å². The maximum absolute atomic E-state index is 12.0. The van der Waals surface area contributed by atoms with Crippen LogP contribution in [-0.4, -0.2) is 82.3 Å². The topological polar surface area (TPSA) is 138 Å². The first-order valence-electron chi connectivity index (χ1n) is 11.3. The summed E-state index contributed by atoms with van der Waals surface area (Å²) < 4.78 is 11.4. The molecule has 0 atom stereocenters. The van der Waals surface area contributed by atoms with Crippen LogP contribution < -0.4 is 15.0 Å². The molecule has 0 unspecified atom stereocenters. The summed E-state index contributed by atoms with van der Waals surface area (Å²) >= 11 is 0. The van der Waals surface area contributed by atoms with Crippen LogP contribution >= 0.6 is 0 Å². The van der Waals surface area contributed by atoms with Gasteiger partial charge < -0.3 is 24.6 Å². The van der Waals surface area contributed by atoms with Crippen LogP contribution in [0, 0.1) is 0 Å². The summed E-state index contributed by atoms with van der Waals surface area (Å²) in [5.74, 6) is 0.0404. The summed E-state index contributed by atoms with van der Waals surface area (Å²) in [5, 5.41) is 10.5. The highest BCUT2D eigenvalue weighted by Crippen LogP contribution is 2.29. The van der Waals surface area contributed by atoms with E-state index in [-0.39, 0.29) is 6.01 Å². The average Bonchev–Trinajstić information content (AvgIpc) is 3.39. The molecule has 184 valence electrons. The number of carbonyl (C=O) groups is 2. The number of morpholine rings is 1. The highest BCUT2D eigenvalue weighted by atomic mass is 16.5. The molecule has 1 aliphatic rings. The lowest BCUT2D eigenvalue weighted by molar-refractivity contribution is -0.141. The number of aromatic amines is 1. The first kappa shape index (κ1) is 23.2. The van der Waals surface area contributed by atoms with Gasteiger partial charge in [-0.2, -0.15) is 20.1 Å². The summed E-state index contributed by atoms with van der Waals surface area (Å²) in [6.07, 6.45) is 1.73. The predicted octanol–water partition coefficient (Wildman–Crippen LogP) is 2.07. The van der Waals surface area contributed by atoms with E-state index in [1.165, 1.54) is 19.0 Å². The molecule has 2 aromatic carbocycles. The Hall–Kier alpha value is -4.58. The highest BCUT2D eigenvalue weighted by Gasteiger charge is 2.20. The number of aromatic nitrogens is 5. The van der Waals surface area contributed by atoms with Crippen molar-refractivity contribution in [1.29, 1.82) is 0 Å². The number of carbonyl (C=O) groups excluding carboxylic acids is 2. The maximum atomic E-state index is 12.0. The van der Waals surface area contributed by atoms with Crippen LogP contribution in [0.5, 0.6) is 11.8 Å². The van der Waals surface area contributed by atoms with Gasteiger partial charge in [-0.1, -0.05) is 12.1 Å². The van der Waals surface area contributed by atoms with E-state index in [2.05, 4.69) is 25.5 Å². The lowest BCUT2D eigenvalue weighted by Crippen LogP contribution is -2.37. The Morgan fingerprint density at radius 3 is 2.58 bits per heavy atom. The number of hydrogen-bond donors (Lipinski definition) is 2. The van der Waals surface area contributed by atoms with Crippen molar-refractivity contribution in [3.05, 3.63) is 48.7 Å². The van der Waals surface area contributed by atoms with Gasteiger partial charge in [-0.05, 0) is 30.3 Å². The molecule has 36 heavy (non-hydrogen) atoms. The molecule has 0 aliphatic carbocycles. The summed E-state index contributed by atoms with van der Waals surface area (Å²) in [6, 6.07) is 12.5. The molecule has 12 heteroatoms. The lowest BCUT2D eigenvalue weighted by atomic mass is 10.1. The van der Waals surface area contributed by atoms with Crippen LogP contribution in [0.4, 0.5) is 11.6 Å². The molecule has 0 radical (unpaired) electrons. The first-order chi connectivity index (χ1) is 17.5. The molecule has 2 N–H and O–H groups in total. The zero-order valence-corrected chi connectivity index (χ0v) is 19.8. The van der Waals surface area contributed by atoms with Crippen LogP contribution in [0.2, 0.25) is 0 Å².